The smallest absolute Gasteiger partial charge is 0.335 e. The molecule has 2 saturated heterocycles. The van der Waals surface area contributed by atoms with E-state index in [1.807, 2.05) is 0 Å². The molecule has 0 aliphatic carbocycles. The van der Waals surface area contributed by atoms with Gasteiger partial charge in [0.1, 0.15) is 24.1 Å². The second-order valence-corrected chi connectivity index (χ2v) is 5.93. The Bertz CT molecular complexity index is 790. The lowest BCUT2D eigenvalue weighted by Gasteiger charge is -2.23. The molecule has 23 heavy (non-hydrogen) atoms. The van der Waals surface area contributed by atoms with Crippen molar-refractivity contribution in [2.75, 3.05) is 5.73 Å². The van der Waals surface area contributed by atoms with E-state index in [2.05, 4.69) is 15.0 Å². The Morgan fingerprint density at radius 3 is 2.78 bits per heavy atom. The van der Waals surface area contributed by atoms with Crippen LogP contribution in [-0.4, -0.2) is 54.7 Å². The van der Waals surface area contributed by atoms with Gasteiger partial charge >= 0.3 is 5.97 Å². The minimum Gasteiger partial charge on any atom is -0.479 e. The Balaban J connectivity index is 1.78. The van der Waals surface area contributed by atoms with Crippen molar-refractivity contribution in [3.05, 3.63) is 12.7 Å². The van der Waals surface area contributed by atoms with Crippen LogP contribution in [0.2, 0.25) is 0 Å². The van der Waals surface area contributed by atoms with Gasteiger partial charge in [-0.05, 0) is 13.8 Å². The second kappa shape index (κ2) is 4.60. The van der Waals surface area contributed by atoms with Crippen molar-refractivity contribution in [2.45, 2.75) is 44.2 Å². The number of ether oxygens (including phenoxy) is 3. The van der Waals surface area contributed by atoms with Gasteiger partial charge in [-0.3, -0.25) is 4.57 Å². The predicted molar refractivity (Wildman–Crippen MR) is 75.1 cm³/mol. The predicted octanol–water partition coefficient (Wildman–Crippen LogP) is -0.0894. The number of aromatic nitrogens is 4. The van der Waals surface area contributed by atoms with E-state index >= 15 is 0 Å². The highest BCUT2D eigenvalue weighted by molar-refractivity contribution is 5.81. The number of aliphatic carboxylic acids is 1. The van der Waals surface area contributed by atoms with Crippen LogP contribution < -0.4 is 5.73 Å². The summed E-state index contributed by atoms with van der Waals surface area (Å²) in [6, 6.07) is 0. The van der Waals surface area contributed by atoms with Gasteiger partial charge in [0.05, 0.1) is 6.33 Å². The first kappa shape index (κ1) is 14.3. The Hall–Kier alpha value is -2.30. The first-order valence-electron chi connectivity index (χ1n) is 7.04. The van der Waals surface area contributed by atoms with E-state index in [1.54, 1.807) is 18.4 Å². The van der Waals surface area contributed by atoms with Crippen molar-refractivity contribution in [3.63, 3.8) is 0 Å². The van der Waals surface area contributed by atoms with Crippen LogP contribution in [-0.2, 0) is 19.0 Å². The molecule has 2 aromatic rings. The summed E-state index contributed by atoms with van der Waals surface area (Å²) in [6.07, 6.45) is -0.391. The number of nitrogens with two attached hydrogens (primary N) is 1. The maximum absolute atomic E-state index is 11.5. The summed E-state index contributed by atoms with van der Waals surface area (Å²) in [7, 11) is 0. The van der Waals surface area contributed by atoms with E-state index < -0.39 is 36.3 Å². The van der Waals surface area contributed by atoms with Gasteiger partial charge in [-0.15, -0.1) is 0 Å². The molecule has 0 saturated carbocycles. The maximum Gasteiger partial charge on any atom is 0.335 e. The van der Waals surface area contributed by atoms with Gasteiger partial charge in [0.25, 0.3) is 0 Å². The minimum absolute atomic E-state index is 0.238. The van der Waals surface area contributed by atoms with E-state index in [4.69, 9.17) is 19.9 Å². The van der Waals surface area contributed by atoms with Crippen LogP contribution in [0.25, 0.3) is 11.2 Å². The Morgan fingerprint density at radius 2 is 2.04 bits per heavy atom. The number of rotatable bonds is 2. The minimum atomic E-state index is -1.14. The lowest BCUT2D eigenvalue weighted by molar-refractivity contribution is -0.202. The lowest BCUT2D eigenvalue weighted by Crippen LogP contribution is -2.35. The highest BCUT2D eigenvalue weighted by atomic mass is 16.8. The van der Waals surface area contributed by atoms with Crippen molar-refractivity contribution >= 4 is 23.0 Å². The summed E-state index contributed by atoms with van der Waals surface area (Å²) in [5.41, 5.74) is 6.64. The molecule has 4 rings (SSSR count). The molecule has 0 bridgehead atoms. The summed E-state index contributed by atoms with van der Waals surface area (Å²) in [6.45, 7) is 3.46. The molecule has 0 radical (unpaired) electrons. The van der Waals surface area contributed by atoms with Crippen LogP contribution in [0.4, 0.5) is 5.82 Å². The largest absolute Gasteiger partial charge is 0.479 e. The Kier molecular flexibility index (Phi) is 2.86. The monoisotopic (exact) mass is 321 g/mol. The van der Waals surface area contributed by atoms with Gasteiger partial charge in [0, 0.05) is 0 Å². The van der Waals surface area contributed by atoms with E-state index in [1.165, 1.54) is 12.7 Å². The quantitative estimate of drug-likeness (QED) is 0.777. The third kappa shape index (κ3) is 2.06. The third-order valence-corrected chi connectivity index (χ3v) is 3.93. The van der Waals surface area contributed by atoms with Crippen LogP contribution in [0.3, 0.4) is 0 Å². The van der Waals surface area contributed by atoms with Gasteiger partial charge in [0.2, 0.25) is 0 Å². The molecule has 2 aromatic heterocycles. The fraction of sp³-hybridized carbons (Fsp3) is 0.538. The SMILES string of the molecule is CC1(C)OC2C(C(=O)O)OC(n3cnc4c(N)ncnc43)[C@H]2O1. The number of imidazole rings is 1. The van der Waals surface area contributed by atoms with Crippen molar-refractivity contribution < 1.29 is 24.1 Å². The van der Waals surface area contributed by atoms with Crippen molar-refractivity contribution in [1.82, 2.24) is 19.5 Å². The Labute approximate surface area is 130 Å². The zero-order valence-electron chi connectivity index (χ0n) is 12.4. The molecule has 3 unspecified atom stereocenters. The molecule has 0 amide bonds. The molecule has 2 fully saturated rings. The lowest BCUT2D eigenvalue weighted by atomic mass is 10.1. The average molecular weight is 321 g/mol. The first-order valence-corrected chi connectivity index (χ1v) is 7.04. The van der Waals surface area contributed by atoms with Crippen LogP contribution in [0.1, 0.15) is 20.1 Å². The van der Waals surface area contributed by atoms with Crippen LogP contribution in [0.5, 0.6) is 0 Å². The molecule has 2 aliphatic rings. The summed E-state index contributed by atoms with van der Waals surface area (Å²) >= 11 is 0. The zero-order chi connectivity index (χ0) is 16.4. The Morgan fingerprint density at radius 1 is 1.30 bits per heavy atom. The van der Waals surface area contributed by atoms with Crippen LogP contribution in [0.15, 0.2) is 12.7 Å². The number of fused-ring (bicyclic) bond motifs is 2. The summed E-state index contributed by atoms with van der Waals surface area (Å²) in [4.78, 5) is 23.7. The number of anilines is 1. The second-order valence-electron chi connectivity index (χ2n) is 5.93. The number of hydrogen-bond donors (Lipinski definition) is 2. The fourth-order valence-electron chi connectivity index (χ4n) is 3.06. The number of carboxylic acids is 1. The van der Waals surface area contributed by atoms with E-state index in [9.17, 15) is 9.90 Å². The topological polar surface area (TPSA) is 135 Å². The molecule has 10 heteroatoms. The third-order valence-electron chi connectivity index (χ3n) is 3.93. The van der Waals surface area contributed by atoms with Crippen molar-refractivity contribution in [3.8, 4) is 0 Å². The normalized spacial score (nSPS) is 32.3. The molecule has 4 heterocycles. The highest BCUT2D eigenvalue weighted by Gasteiger charge is 2.58. The molecular formula is C13H15N5O5. The molecule has 0 aromatic carbocycles. The van der Waals surface area contributed by atoms with Crippen molar-refractivity contribution in [1.29, 1.82) is 0 Å². The number of carbonyl (C=O) groups is 1. The van der Waals surface area contributed by atoms with Gasteiger partial charge < -0.3 is 25.1 Å². The standard InChI is InChI=1S/C13H15N5O5/c1-13(2)22-6-7(23-13)11(21-8(6)12(19)20)18-4-17-5-9(14)15-3-16-10(5)18/h3-4,6-8,11H,1-2H3,(H,19,20)(H2,14,15,16)/t6?,7-,8?,11?/m0/s1. The number of nitrogens with zero attached hydrogens (tertiary/aromatic N) is 4. The summed E-state index contributed by atoms with van der Waals surface area (Å²) in [5.74, 6) is -1.76. The highest BCUT2D eigenvalue weighted by Crippen LogP contribution is 2.43. The number of nitrogen functional groups attached to an aromatic ring is 1. The molecular weight excluding hydrogens is 306 g/mol. The van der Waals surface area contributed by atoms with Crippen molar-refractivity contribution in [2.24, 2.45) is 0 Å². The van der Waals surface area contributed by atoms with Crippen LogP contribution >= 0.6 is 0 Å². The average Bonchev–Trinajstić information content (AvgIpc) is 3.09. The molecule has 3 N–H and O–H groups in total. The van der Waals surface area contributed by atoms with Gasteiger partial charge in [0.15, 0.2) is 29.6 Å². The summed E-state index contributed by atoms with van der Waals surface area (Å²) in [5, 5.41) is 9.37. The first-order chi connectivity index (χ1) is 10.9. The van der Waals surface area contributed by atoms with E-state index in [0.717, 1.165) is 0 Å². The van der Waals surface area contributed by atoms with Gasteiger partial charge in [-0.2, -0.15) is 0 Å². The van der Waals surface area contributed by atoms with E-state index in [-0.39, 0.29) is 5.82 Å². The molecule has 10 nitrogen and oxygen atoms in total. The number of hydrogen-bond acceptors (Lipinski definition) is 8. The summed E-state index contributed by atoms with van der Waals surface area (Å²) < 4.78 is 18.8. The number of carboxylic acid groups (broad SMARTS) is 1. The molecule has 122 valence electrons. The maximum atomic E-state index is 11.5. The molecule has 2 aliphatic heterocycles. The van der Waals surface area contributed by atoms with Crippen LogP contribution in [0, 0.1) is 0 Å². The van der Waals surface area contributed by atoms with Gasteiger partial charge in [-0.1, -0.05) is 0 Å². The zero-order valence-corrected chi connectivity index (χ0v) is 12.4. The fourth-order valence-corrected chi connectivity index (χ4v) is 3.06. The molecule has 0 spiro atoms. The van der Waals surface area contributed by atoms with E-state index in [0.29, 0.717) is 11.2 Å². The molecule has 4 atom stereocenters. The van der Waals surface area contributed by atoms with Gasteiger partial charge in [-0.25, -0.2) is 19.7 Å².